The lowest BCUT2D eigenvalue weighted by atomic mass is 10.1. The summed E-state index contributed by atoms with van der Waals surface area (Å²) >= 11 is 3.44. The number of rotatable bonds is 0. The lowest BCUT2D eigenvalue weighted by molar-refractivity contribution is 1.24. The molecule has 0 spiro atoms. The Balaban J connectivity index is 2.92. The van der Waals surface area contributed by atoms with E-state index < -0.39 is 0 Å². The molecular weight excluding hydrogens is 240 g/mol. The zero-order chi connectivity index (χ0) is 10.3. The van der Waals surface area contributed by atoms with E-state index in [0.717, 1.165) is 32.3 Å². The van der Waals surface area contributed by atoms with Crippen LogP contribution < -0.4 is 5.73 Å². The Hall–Kier alpha value is -1.09. The molecule has 0 unspecified atom stereocenters. The molecule has 0 radical (unpaired) electrons. The van der Waals surface area contributed by atoms with Crippen LogP contribution >= 0.6 is 15.9 Å². The second-order valence-electron chi connectivity index (χ2n) is 3.40. The molecule has 2 N–H and O–H groups in total. The van der Waals surface area contributed by atoms with Gasteiger partial charge in [-0.15, -0.1) is 0 Å². The SMILES string of the molecule is Cc1nc2ccc(Br)cc2c(C)c1N. The van der Waals surface area contributed by atoms with Crippen LogP contribution in [0, 0.1) is 13.8 Å². The smallest absolute Gasteiger partial charge is 0.0710 e. The monoisotopic (exact) mass is 250 g/mol. The van der Waals surface area contributed by atoms with Crippen LogP contribution in [0.2, 0.25) is 0 Å². The number of anilines is 1. The first-order chi connectivity index (χ1) is 6.59. The van der Waals surface area contributed by atoms with E-state index >= 15 is 0 Å². The Morgan fingerprint density at radius 2 is 2.00 bits per heavy atom. The fraction of sp³-hybridized carbons (Fsp3) is 0.182. The molecule has 72 valence electrons. The van der Waals surface area contributed by atoms with Gasteiger partial charge in [0.05, 0.1) is 16.9 Å². The molecule has 0 fully saturated rings. The Labute approximate surface area is 91.3 Å². The fourth-order valence-corrected chi connectivity index (χ4v) is 1.92. The van der Waals surface area contributed by atoms with E-state index in [-0.39, 0.29) is 0 Å². The first kappa shape index (κ1) is 9.46. The number of pyridine rings is 1. The van der Waals surface area contributed by atoms with Crippen molar-refractivity contribution in [3.63, 3.8) is 0 Å². The molecule has 0 amide bonds. The second-order valence-corrected chi connectivity index (χ2v) is 4.31. The standard InChI is InChI=1S/C11H11BrN2/c1-6-9-5-8(12)3-4-10(9)14-7(2)11(6)13/h3-5H,13H2,1-2H3. The molecule has 2 aromatic rings. The van der Waals surface area contributed by atoms with E-state index in [2.05, 4.69) is 20.9 Å². The number of hydrogen-bond acceptors (Lipinski definition) is 2. The number of nitrogens with two attached hydrogens (primary N) is 1. The van der Waals surface area contributed by atoms with E-state index in [1.54, 1.807) is 0 Å². The fourth-order valence-electron chi connectivity index (χ4n) is 1.56. The maximum atomic E-state index is 5.92. The van der Waals surface area contributed by atoms with E-state index in [0.29, 0.717) is 0 Å². The highest BCUT2D eigenvalue weighted by Gasteiger charge is 2.05. The zero-order valence-corrected chi connectivity index (χ0v) is 9.72. The molecule has 0 saturated carbocycles. The van der Waals surface area contributed by atoms with Crippen molar-refractivity contribution < 1.29 is 0 Å². The number of nitrogen functional groups attached to an aromatic ring is 1. The van der Waals surface area contributed by atoms with Crippen molar-refractivity contribution in [3.05, 3.63) is 33.9 Å². The second kappa shape index (κ2) is 3.24. The van der Waals surface area contributed by atoms with Crippen LogP contribution in [0.3, 0.4) is 0 Å². The van der Waals surface area contributed by atoms with Gasteiger partial charge in [-0.05, 0) is 37.6 Å². The molecule has 0 aliphatic rings. The Kier molecular flexibility index (Phi) is 2.19. The van der Waals surface area contributed by atoms with Gasteiger partial charge >= 0.3 is 0 Å². The number of halogens is 1. The van der Waals surface area contributed by atoms with Crippen molar-refractivity contribution >= 4 is 32.5 Å². The van der Waals surface area contributed by atoms with E-state index in [1.165, 1.54) is 0 Å². The number of fused-ring (bicyclic) bond motifs is 1. The lowest BCUT2D eigenvalue weighted by Gasteiger charge is -2.08. The number of aromatic nitrogens is 1. The topological polar surface area (TPSA) is 38.9 Å². The molecule has 1 aromatic heterocycles. The minimum absolute atomic E-state index is 0.788. The highest BCUT2D eigenvalue weighted by Crippen LogP contribution is 2.26. The molecule has 0 saturated heterocycles. The largest absolute Gasteiger partial charge is 0.397 e. The third-order valence-electron chi connectivity index (χ3n) is 2.44. The summed E-state index contributed by atoms with van der Waals surface area (Å²) in [5, 5.41) is 1.11. The molecule has 2 nitrogen and oxygen atoms in total. The van der Waals surface area contributed by atoms with Crippen molar-refractivity contribution in [1.82, 2.24) is 4.98 Å². The molecule has 2 rings (SSSR count). The highest BCUT2D eigenvalue weighted by molar-refractivity contribution is 9.10. The molecule has 0 bridgehead atoms. The molecule has 1 aromatic carbocycles. The van der Waals surface area contributed by atoms with Crippen molar-refractivity contribution in [1.29, 1.82) is 0 Å². The summed E-state index contributed by atoms with van der Waals surface area (Å²) in [5.41, 5.74) is 9.71. The average Bonchev–Trinajstić information content (AvgIpc) is 2.16. The van der Waals surface area contributed by atoms with E-state index in [4.69, 9.17) is 5.73 Å². The Morgan fingerprint density at radius 1 is 1.29 bits per heavy atom. The van der Waals surface area contributed by atoms with Crippen LogP contribution in [0.4, 0.5) is 5.69 Å². The maximum absolute atomic E-state index is 5.92. The minimum atomic E-state index is 0.788. The van der Waals surface area contributed by atoms with Crippen LogP contribution in [-0.2, 0) is 0 Å². The number of benzene rings is 1. The van der Waals surface area contributed by atoms with Gasteiger partial charge in [0.25, 0.3) is 0 Å². The predicted molar refractivity (Wildman–Crippen MR) is 63.3 cm³/mol. The van der Waals surface area contributed by atoms with Gasteiger partial charge in [-0.2, -0.15) is 0 Å². The molecule has 14 heavy (non-hydrogen) atoms. The minimum Gasteiger partial charge on any atom is -0.397 e. The Morgan fingerprint density at radius 3 is 2.71 bits per heavy atom. The number of hydrogen-bond donors (Lipinski definition) is 1. The summed E-state index contributed by atoms with van der Waals surface area (Å²) in [6.07, 6.45) is 0. The summed E-state index contributed by atoms with van der Waals surface area (Å²) < 4.78 is 1.05. The van der Waals surface area contributed by atoms with Crippen LogP contribution in [-0.4, -0.2) is 4.98 Å². The van der Waals surface area contributed by atoms with Crippen molar-refractivity contribution in [2.45, 2.75) is 13.8 Å². The average molecular weight is 251 g/mol. The summed E-state index contributed by atoms with van der Waals surface area (Å²) in [4.78, 5) is 4.43. The highest BCUT2D eigenvalue weighted by atomic mass is 79.9. The number of nitrogens with zero attached hydrogens (tertiary/aromatic N) is 1. The van der Waals surface area contributed by atoms with Crippen LogP contribution in [0.5, 0.6) is 0 Å². The normalized spacial score (nSPS) is 10.8. The first-order valence-corrected chi connectivity index (χ1v) is 5.21. The zero-order valence-electron chi connectivity index (χ0n) is 8.13. The predicted octanol–water partition coefficient (Wildman–Crippen LogP) is 3.20. The lowest BCUT2D eigenvalue weighted by Crippen LogP contribution is -1.97. The molecule has 3 heteroatoms. The molecule has 0 aliphatic heterocycles. The van der Waals surface area contributed by atoms with Gasteiger partial charge < -0.3 is 5.73 Å². The third-order valence-corrected chi connectivity index (χ3v) is 2.94. The van der Waals surface area contributed by atoms with Crippen molar-refractivity contribution in [2.24, 2.45) is 0 Å². The third kappa shape index (κ3) is 1.38. The van der Waals surface area contributed by atoms with Crippen molar-refractivity contribution in [3.8, 4) is 0 Å². The molecular formula is C11H11BrN2. The van der Waals surface area contributed by atoms with Gasteiger partial charge in [-0.1, -0.05) is 15.9 Å². The van der Waals surface area contributed by atoms with Crippen LogP contribution in [0.1, 0.15) is 11.3 Å². The summed E-state index contributed by atoms with van der Waals surface area (Å²) in [6.45, 7) is 3.96. The first-order valence-electron chi connectivity index (χ1n) is 4.41. The van der Waals surface area contributed by atoms with Gasteiger partial charge in [0.2, 0.25) is 0 Å². The van der Waals surface area contributed by atoms with Gasteiger partial charge in [0.15, 0.2) is 0 Å². The molecule has 0 atom stereocenters. The summed E-state index contributed by atoms with van der Waals surface area (Å²) in [5.74, 6) is 0. The maximum Gasteiger partial charge on any atom is 0.0710 e. The summed E-state index contributed by atoms with van der Waals surface area (Å²) in [6, 6.07) is 6.04. The Bertz CT molecular complexity index is 506. The van der Waals surface area contributed by atoms with Gasteiger partial charge in [0.1, 0.15) is 0 Å². The van der Waals surface area contributed by atoms with Crippen LogP contribution in [0.15, 0.2) is 22.7 Å². The van der Waals surface area contributed by atoms with Gasteiger partial charge in [0, 0.05) is 9.86 Å². The van der Waals surface area contributed by atoms with Gasteiger partial charge in [-0.3, -0.25) is 4.98 Å². The summed E-state index contributed by atoms with van der Waals surface area (Å²) in [7, 11) is 0. The van der Waals surface area contributed by atoms with Gasteiger partial charge in [-0.25, -0.2) is 0 Å². The van der Waals surface area contributed by atoms with E-state index in [9.17, 15) is 0 Å². The molecule has 1 heterocycles. The number of aryl methyl sites for hydroxylation is 2. The van der Waals surface area contributed by atoms with E-state index in [1.807, 2.05) is 32.0 Å². The van der Waals surface area contributed by atoms with Crippen molar-refractivity contribution in [2.75, 3.05) is 5.73 Å². The molecule has 0 aliphatic carbocycles. The van der Waals surface area contributed by atoms with Crippen LogP contribution in [0.25, 0.3) is 10.9 Å². The quantitative estimate of drug-likeness (QED) is 0.780.